The number of ether oxygens (including phenoxy) is 4. The molecular weight excluding hydrogens is 1130 g/mol. The zero-order chi connectivity index (χ0) is 62.6. The Kier molecular flexibility index (Phi) is 24.0. The van der Waals surface area contributed by atoms with E-state index in [2.05, 4.69) is 10.6 Å². The van der Waals surface area contributed by atoms with Crippen LogP contribution in [0.1, 0.15) is 74.8 Å². The summed E-state index contributed by atoms with van der Waals surface area (Å²) in [6, 6.07) is 68.6. The van der Waals surface area contributed by atoms with Gasteiger partial charge < -0.3 is 60.2 Å². The summed E-state index contributed by atoms with van der Waals surface area (Å²) in [5.74, 6) is -4.09. The number of carboxylic acids is 2. The summed E-state index contributed by atoms with van der Waals surface area (Å²) in [7, 11) is 0. The van der Waals surface area contributed by atoms with E-state index >= 15 is 0 Å². The lowest BCUT2D eigenvalue weighted by atomic mass is 10.1. The molecule has 0 saturated heterocycles. The van der Waals surface area contributed by atoms with Gasteiger partial charge in [0.25, 0.3) is 11.8 Å². The monoisotopic (exact) mass is 1190 g/mol. The summed E-state index contributed by atoms with van der Waals surface area (Å²) in [4.78, 5) is 46.7. The molecule has 18 heteroatoms. The molecule has 10 rings (SSSR count). The molecule has 16 nitrogen and oxygen atoms in total. The van der Waals surface area contributed by atoms with E-state index < -0.39 is 35.1 Å². The number of hydrogen-bond acceptors (Lipinski definition) is 12. The second-order valence-corrected chi connectivity index (χ2v) is 18.9. The zero-order valence-electron chi connectivity index (χ0n) is 47.0. The van der Waals surface area contributed by atoms with Crippen molar-refractivity contribution in [3.63, 3.8) is 0 Å². The molecule has 88 heavy (non-hydrogen) atoms. The van der Waals surface area contributed by atoms with Gasteiger partial charge in [-0.3, -0.25) is 9.59 Å². The number of aromatic hydroxyl groups is 4. The van der Waals surface area contributed by atoms with Crippen LogP contribution in [0.15, 0.2) is 243 Å². The van der Waals surface area contributed by atoms with E-state index in [1.165, 1.54) is 66.7 Å². The molecule has 0 aromatic heterocycles. The Balaban J connectivity index is 0.000000178. The molecule has 448 valence electrons. The normalized spacial score (nSPS) is 10.2. The fourth-order valence-electron chi connectivity index (χ4n) is 8.01. The van der Waals surface area contributed by atoms with Crippen LogP contribution >= 0.6 is 0 Å². The van der Waals surface area contributed by atoms with Crippen LogP contribution in [-0.4, -0.2) is 54.4 Å². The largest absolute Gasteiger partial charge is 0.504 e. The minimum Gasteiger partial charge on any atom is -0.504 e. The van der Waals surface area contributed by atoms with Crippen molar-refractivity contribution in [3.05, 3.63) is 310 Å². The Morgan fingerprint density at radius 3 is 1.00 bits per heavy atom. The summed E-state index contributed by atoms with van der Waals surface area (Å²) >= 11 is 0. The summed E-state index contributed by atoms with van der Waals surface area (Å²) in [6.45, 7) is 1.73. The molecule has 8 N–H and O–H groups in total. The van der Waals surface area contributed by atoms with Crippen LogP contribution in [0.3, 0.4) is 0 Å². The van der Waals surface area contributed by atoms with Crippen LogP contribution in [0.5, 0.6) is 46.0 Å². The zero-order valence-corrected chi connectivity index (χ0v) is 47.0. The molecule has 0 aliphatic rings. The Morgan fingerprint density at radius 1 is 0.318 bits per heavy atom. The molecule has 0 atom stereocenters. The molecular formula is C70H60F2N2O14. The van der Waals surface area contributed by atoms with Crippen LogP contribution < -0.4 is 29.6 Å². The van der Waals surface area contributed by atoms with Gasteiger partial charge in [0.15, 0.2) is 46.0 Å². The van der Waals surface area contributed by atoms with Crippen molar-refractivity contribution >= 4 is 23.8 Å². The minimum atomic E-state index is -1.27. The second kappa shape index (κ2) is 33.0. The molecule has 0 aliphatic heterocycles. The van der Waals surface area contributed by atoms with Gasteiger partial charge in [-0.05, 0) is 106 Å². The Bertz CT molecular complexity index is 3860. The standard InChI is InChI=1S/C28H24FNO3.C21H18O4.C14H12FNO3.C7H6O4/c29-24-16-14-21(15-17-24)18-30-28(31)25-12-7-13-26(32-19-22-8-3-1-4-9-22)27(25)33-20-23-10-5-2-6-11-23;22-21(23)18-12-7-13-19(24-14-16-8-3-1-4-9-16)20(18)25-15-17-10-5-2-6-11-17;15-10-6-4-9(5-7-10)8-16-14(19)11-2-1-3-12(17)13(11)18;8-5-3-1-2-4(6(5)9)7(10)11/h1-17H,18-20H2,(H,30,31);1-13H,14-15H2,(H,22,23);1-7,17-18H,8H2,(H,16,19);1-3,8-9H,(H,10,11). The molecule has 10 aromatic rings. The second-order valence-electron chi connectivity index (χ2n) is 18.9. The van der Waals surface area contributed by atoms with Crippen molar-refractivity contribution in [1.82, 2.24) is 10.6 Å². The molecule has 0 radical (unpaired) electrons. The van der Waals surface area contributed by atoms with E-state index in [1.54, 1.807) is 54.6 Å². The van der Waals surface area contributed by atoms with Crippen LogP contribution in [0.4, 0.5) is 8.78 Å². The van der Waals surface area contributed by atoms with E-state index in [0.29, 0.717) is 42.6 Å². The number of phenolic OH excluding ortho intramolecular Hbond substituents is 3. The van der Waals surface area contributed by atoms with E-state index in [-0.39, 0.29) is 65.4 Å². The predicted octanol–water partition coefficient (Wildman–Crippen LogP) is 13.4. The summed E-state index contributed by atoms with van der Waals surface area (Å²) in [5, 5.41) is 59.9. The molecule has 0 bridgehead atoms. The number of carbonyl (C=O) groups is 4. The fourth-order valence-corrected chi connectivity index (χ4v) is 8.01. The number of aromatic carboxylic acids is 2. The highest BCUT2D eigenvalue weighted by atomic mass is 19.1. The highest BCUT2D eigenvalue weighted by molar-refractivity contribution is 5.98. The SMILES string of the molecule is O=C(NCc1ccc(F)cc1)c1cccc(O)c1O.O=C(NCc1ccc(F)cc1)c1cccc(OCc2ccccc2)c1OCc1ccccc1.O=C(O)c1cccc(O)c1O.O=C(O)c1cccc(OCc2ccccc2)c1OCc1ccccc1. The number of hydrogen-bond donors (Lipinski definition) is 8. The Labute approximate surface area is 505 Å². The topological polar surface area (TPSA) is 251 Å². The van der Waals surface area contributed by atoms with Gasteiger partial charge in [-0.2, -0.15) is 0 Å². The number of carboxylic acid groups (broad SMARTS) is 2. The quantitative estimate of drug-likeness (QED) is 0.0331. The first kappa shape index (κ1) is 63.9. The fraction of sp³-hybridized carbons (Fsp3) is 0.0857. The number of halogens is 2. The lowest BCUT2D eigenvalue weighted by molar-refractivity contribution is 0.0680. The first-order valence-corrected chi connectivity index (χ1v) is 27.1. The molecule has 0 unspecified atom stereocenters. The van der Waals surface area contributed by atoms with Gasteiger partial charge in [0.2, 0.25) is 0 Å². The highest BCUT2D eigenvalue weighted by Crippen LogP contribution is 2.35. The average molecular weight is 1190 g/mol. The van der Waals surface area contributed by atoms with Gasteiger partial charge in [0.05, 0.1) is 11.1 Å². The van der Waals surface area contributed by atoms with E-state index in [4.69, 9.17) is 34.3 Å². The van der Waals surface area contributed by atoms with Crippen molar-refractivity contribution in [1.29, 1.82) is 0 Å². The van der Waals surface area contributed by atoms with Crippen LogP contribution in [0.2, 0.25) is 0 Å². The molecule has 0 spiro atoms. The van der Waals surface area contributed by atoms with Crippen molar-refractivity contribution in [2.75, 3.05) is 0 Å². The molecule has 2 amide bonds. The summed E-state index contributed by atoms with van der Waals surface area (Å²) in [5.41, 5.74) is 5.62. The first-order valence-electron chi connectivity index (χ1n) is 27.1. The van der Waals surface area contributed by atoms with Crippen molar-refractivity contribution in [3.8, 4) is 46.0 Å². The number of carbonyl (C=O) groups excluding carboxylic acids is 2. The lowest BCUT2D eigenvalue weighted by Gasteiger charge is -2.17. The van der Waals surface area contributed by atoms with Crippen LogP contribution in [0, 0.1) is 11.6 Å². The number of nitrogens with one attached hydrogen (secondary N) is 2. The van der Waals surface area contributed by atoms with E-state index in [0.717, 1.165) is 33.4 Å². The van der Waals surface area contributed by atoms with Gasteiger partial charge >= 0.3 is 11.9 Å². The maximum Gasteiger partial charge on any atom is 0.339 e. The minimum absolute atomic E-state index is 0.0119. The molecule has 0 saturated carbocycles. The average Bonchev–Trinajstić information content (AvgIpc) is 3.58. The van der Waals surface area contributed by atoms with Gasteiger partial charge in [-0.15, -0.1) is 0 Å². The van der Waals surface area contributed by atoms with E-state index in [1.807, 2.05) is 121 Å². The number of phenols is 4. The Hall–Kier alpha value is -11.7. The van der Waals surface area contributed by atoms with Crippen molar-refractivity contribution in [2.45, 2.75) is 39.5 Å². The van der Waals surface area contributed by atoms with Crippen LogP contribution in [0.25, 0.3) is 0 Å². The molecule has 0 aliphatic carbocycles. The maximum atomic E-state index is 13.2. The van der Waals surface area contributed by atoms with Gasteiger partial charge in [0, 0.05) is 13.1 Å². The number of rotatable bonds is 20. The van der Waals surface area contributed by atoms with Crippen molar-refractivity contribution in [2.24, 2.45) is 0 Å². The van der Waals surface area contributed by atoms with Crippen molar-refractivity contribution < 1.29 is 77.5 Å². The smallest absolute Gasteiger partial charge is 0.339 e. The number of para-hydroxylation sites is 4. The maximum absolute atomic E-state index is 13.2. The van der Waals surface area contributed by atoms with Gasteiger partial charge in [-0.1, -0.05) is 170 Å². The van der Waals surface area contributed by atoms with E-state index in [9.17, 15) is 43.3 Å². The third kappa shape index (κ3) is 19.7. The van der Waals surface area contributed by atoms with Crippen LogP contribution in [-0.2, 0) is 39.5 Å². The first-order chi connectivity index (χ1) is 42.6. The number of benzene rings is 10. The molecule has 10 aromatic carbocycles. The molecule has 0 heterocycles. The third-order valence-corrected chi connectivity index (χ3v) is 12.6. The highest BCUT2D eigenvalue weighted by Gasteiger charge is 2.20. The Morgan fingerprint density at radius 2 is 0.625 bits per heavy atom. The number of amides is 2. The molecule has 0 fully saturated rings. The lowest BCUT2D eigenvalue weighted by Crippen LogP contribution is -2.23. The van der Waals surface area contributed by atoms with Gasteiger partial charge in [-0.25, -0.2) is 18.4 Å². The predicted molar refractivity (Wildman–Crippen MR) is 325 cm³/mol. The third-order valence-electron chi connectivity index (χ3n) is 12.6. The summed E-state index contributed by atoms with van der Waals surface area (Å²) < 4.78 is 49.6. The summed E-state index contributed by atoms with van der Waals surface area (Å²) in [6.07, 6.45) is 0. The van der Waals surface area contributed by atoms with Gasteiger partial charge in [0.1, 0.15) is 49.2 Å².